The van der Waals surface area contributed by atoms with E-state index >= 15 is 0 Å². The predicted octanol–water partition coefficient (Wildman–Crippen LogP) is 1.60. The molecule has 1 aromatic carbocycles. The first-order chi connectivity index (χ1) is 13.0. The van der Waals surface area contributed by atoms with E-state index in [0.29, 0.717) is 17.7 Å². The van der Waals surface area contributed by atoms with Crippen LogP contribution in [-0.2, 0) is 0 Å². The molecule has 1 atom stereocenters. The summed E-state index contributed by atoms with van der Waals surface area (Å²) in [5.41, 5.74) is 0.0976. The molecule has 0 aliphatic rings. The average Bonchev–Trinajstić information content (AvgIpc) is 3.12. The van der Waals surface area contributed by atoms with Gasteiger partial charge in [0.15, 0.2) is 5.82 Å². The highest BCUT2D eigenvalue weighted by molar-refractivity contribution is 5.94. The summed E-state index contributed by atoms with van der Waals surface area (Å²) in [4.78, 5) is 25.1. The van der Waals surface area contributed by atoms with Crippen molar-refractivity contribution in [3.8, 4) is 12.0 Å². The van der Waals surface area contributed by atoms with E-state index in [4.69, 9.17) is 5.26 Å². The van der Waals surface area contributed by atoms with Crippen LogP contribution in [0, 0.1) is 17.1 Å². The van der Waals surface area contributed by atoms with Crippen LogP contribution in [0.4, 0.5) is 10.3 Å². The predicted molar refractivity (Wildman–Crippen MR) is 93.5 cm³/mol. The molecule has 0 bridgehead atoms. The first-order valence-electron chi connectivity index (χ1n) is 7.95. The monoisotopic (exact) mass is 366 g/mol. The molecule has 0 saturated heterocycles. The van der Waals surface area contributed by atoms with Gasteiger partial charge in [-0.1, -0.05) is 0 Å². The molecule has 10 heteroatoms. The fourth-order valence-electron chi connectivity index (χ4n) is 2.39. The normalized spacial score (nSPS) is 11.5. The molecule has 9 nitrogen and oxygen atoms in total. The Hall–Kier alpha value is -3.87. The maximum atomic E-state index is 13.6. The molecule has 136 valence electrons. The highest BCUT2D eigenvalue weighted by atomic mass is 19.1. The molecule has 2 aromatic heterocycles. The second kappa shape index (κ2) is 7.57. The fourth-order valence-corrected chi connectivity index (χ4v) is 2.39. The number of anilines is 1. The first kappa shape index (κ1) is 17.9. The Balaban J connectivity index is 1.89. The van der Waals surface area contributed by atoms with Crippen LogP contribution in [0.1, 0.15) is 34.7 Å². The number of carbonyl (C=O) groups is 1. The zero-order chi connectivity index (χ0) is 19.4. The van der Waals surface area contributed by atoms with Crippen molar-refractivity contribution < 1.29 is 9.18 Å². The van der Waals surface area contributed by atoms with Gasteiger partial charge in [-0.25, -0.2) is 14.4 Å². The summed E-state index contributed by atoms with van der Waals surface area (Å²) in [6, 6.07) is 6.33. The standard InChI is InChI=1S/C17H15FN8O/c1-10(23-15(27)12-6-11(9-19)7-13(18)8-12)14-24-16(20-2)25-26(14)17-21-4-3-5-22-17/h3-8,10H,1-2H3,(H,20,25)(H,23,27)/t10-/m0/s1. The molecule has 2 heterocycles. The molecule has 2 N–H and O–H groups in total. The smallest absolute Gasteiger partial charge is 0.252 e. The number of nitrogens with zero attached hydrogens (tertiary/aromatic N) is 6. The summed E-state index contributed by atoms with van der Waals surface area (Å²) in [6.45, 7) is 1.70. The Kier molecular flexibility index (Phi) is 5.03. The highest BCUT2D eigenvalue weighted by Gasteiger charge is 2.21. The molecule has 0 unspecified atom stereocenters. The fraction of sp³-hybridized carbons (Fsp3) is 0.176. The quantitative estimate of drug-likeness (QED) is 0.703. The van der Waals surface area contributed by atoms with E-state index in [9.17, 15) is 9.18 Å². The maximum absolute atomic E-state index is 13.6. The van der Waals surface area contributed by atoms with E-state index < -0.39 is 17.8 Å². The van der Waals surface area contributed by atoms with Crippen LogP contribution in [0.25, 0.3) is 5.95 Å². The number of benzene rings is 1. The van der Waals surface area contributed by atoms with Crippen LogP contribution in [0.3, 0.4) is 0 Å². The maximum Gasteiger partial charge on any atom is 0.252 e. The third kappa shape index (κ3) is 3.87. The first-order valence-corrected chi connectivity index (χ1v) is 7.95. The average molecular weight is 366 g/mol. The minimum absolute atomic E-state index is 0.0364. The van der Waals surface area contributed by atoms with E-state index in [1.54, 1.807) is 32.4 Å². The van der Waals surface area contributed by atoms with E-state index in [1.807, 2.05) is 6.07 Å². The molecule has 0 aliphatic carbocycles. The van der Waals surface area contributed by atoms with Crippen LogP contribution in [0.2, 0.25) is 0 Å². The molecule has 27 heavy (non-hydrogen) atoms. The lowest BCUT2D eigenvalue weighted by molar-refractivity contribution is 0.0937. The number of amides is 1. The highest BCUT2D eigenvalue weighted by Crippen LogP contribution is 2.17. The number of halogens is 1. The minimum Gasteiger partial charge on any atom is -0.356 e. The van der Waals surface area contributed by atoms with Gasteiger partial charge in [0.1, 0.15) is 5.82 Å². The second-order valence-corrected chi connectivity index (χ2v) is 5.54. The van der Waals surface area contributed by atoms with Crippen LogP contribution in [-0.4, -0.2) is 37.7 Å². The summed E-state index contributed by atoms with van der Waals surface area (Å²) in [5.74, 6) is -0.204. The lowest BCUT2D eigenvalue weighted by atomic mass is 10.1. The second-order valence-electron chi connectivity index (χ2n) is 5.54. The zero-order valence-electron chi connectivity index (χ0n) is 14.5. The van der Waals surface area contributed by atoms with E-state index in [1.165, 1.54) is 10.7 Å². The van der Waals surface area contributed by atoms with Gasteiger partial charge in [-0.05, 0) is 31.2 Å². The SMILES string of the molecule is CNc1nc([C@H](C)NC(=O)c2cc(F)cc(C#N)c2)n(-c2ncccn2)n1. The van der Waals surface area contributed by atoms with Crippen molar-refractivity contribution in [3.63, 3.8) is 0 Å². The molecule has 3 aromatic rings. The molecular formula is C17H15FN8O. The van der Waals surface area contributed by atoms with Gasteiger partial charge in [0.05, 0.1) is 17.7 Å². The van der Waals surface area contributed by atoms with E-state index in [2.05, 4.69) is 30.7 Å². The molecule has 3 rings (SSSR count). The van der Waals surface area contributed by atoms with Gasteiger partial charge in [-0.15, -0.1) is 5.10 Å². The van der Waals surface area contributed by atoms with Gasteiger partial charge in [0, 0.05) is 25.0 Å². The molecule has 0 aliphatic heterocycles. The van der Waals surface area contributed by atoms with E-state index in [0.717, 1.165) is 12.1 Å². The number of hydrogen-bond donors (Lipinski definition) is 2. The van der Waals surface area contributed by atoms with Gasteiger partial charge in [0.25, 0.3) is 11.9 Å². The zero-order valence-corrected chi connectivity index (χ0v) is 14.5. The van der Waals surface area contributed by atoms with Gasteiger partial charge in [-0.3, -0.25) is 4.79 Å². The molecular weight excluding hydrogens is 351 g/mol. The van der Waals surface area contributed by atoms with Gasteiger partial charge < -0.3 is 10.6 Å². The Morgan fingerprint density at radius 1 is 1.30 bits per heavy atom. The van der Waals surface area contributed by atoms with Gasteiger partial charge in [-0.2, -0.15) is 14.9 Å². The number of nitriles is 1. The summed E-state index contributed by atoms with van der Waals surface area (Å²) >= 11 is 0. The van der Waals surface area contributed by atoms with Gasteiger partial charge in [0.2, 0.25) is 5.95 Å². The van der Waals surface area contributed by atoms with Crippen molar-refractivity contribution in [2.45, 2.75) is 13.0 Å². The molecule has 0 saturated carbocycles. The molecule has 0 spiro atoms. The third-order valence-electron chi connectivity index (χ3n) is 3.62. The largest absolute Gasteiger partial charge is 0.356 e. The Bertz CT molecular complexity index is 1010. The summed E-state index contributed by atoms with van der Waals surface area (Å²) in [6.07, 6.45) is 3.12. The van der Waals surface area contributed by atoms with Crippen molar-refractivity contribution in [2.75, 3.05) is 12.4 Å². The number of hydrogen-bond acceptors (Lipinski definition) is 7. The van der Waals surface area contributed by atoms with Crippen molar-refractivity contribution in [2.24, 2.45) is 0 Å². The van der Waals surface area contributed by atoms with Crippen LogP contribution < -0.4 is 10.6 Å². The van der Waals surface area contributed by atoms with Crippen LogP contribution >= 0.6 is 0 Å². The minimum atomic E-state index is -0.662. The van der Waals surface area contributed by atoms with Crippen molar-refractivity contribution in [3.05, 3.63) is 59.4 Å². The molecule has 1 amide bonds. The summed E-state index contributed by atoms with van der Waals surface area (Å²) in [7, 11) is 1.66. The Morgan fingerprint density at radius 3 is 2.70 bits per heavy atom. The van der Waals surface area contributed by atoms with E-state index in [-0.39, 0.29) is 11.1 Å². The van der Waals surface area contributed by atoms with Crippen molar-refractivity contribution in [1.82, 2.24) is 30.0 Å². The summed E-state index contributed by atoms with van der Waals surface area (Å²) in [5, 5.41) is 18.7. The lowest BCUT2D eigenvalue weighted by Gasteiger charge is -2.14. The Labute approximate surface area is 153 Å². The van der Waals surface area contributed by atoms with Crippen molar-refractivity contribution in [1.29, 1.82) is 5.26 Å². The number of nitrogens with one attached hydrogen (secondary N) is 2. The van der Waals surface area contributed by atoms with Crippen LogP contribution in [0.5, 0.6) is 0 Å². The number of rotatable bonds is 5. The van der Waals surface area contributed by atoms with Gasteiger partial charge >= 0.3 is 0 Å². The lowest BCUT2D eigenvalue weighted by Crippen LogP contribution is -2.29. The number of aromatic nitrogens is 5. The topological polar surface area (TPSA) is 121 Å². The third-order valence-corrected chi connectivity index (χ3v) is 3.62. The summed E-state index contributed by atoms with van der Waals surface area (Å²) < 4.78 is 15.0. The van der Waals surface area contributed by atoms with Crippen LogP contribution in [0.15, 0.2) is 36.7 Å². The molecule has 0 fully saturated rings. The Morgan fingerprint density at radius 2 is 2.04 bits per heavy atom. The van der Waals surface area contributed by atoms with Crippen molar-refractivity contribution >= 4 is 11.9 Å². The molecule has 0 radical (unpaired) electrons. The number of carbonyl (C=O) groups excluding carboxylic acids is 1.